The van der Waals surface area contributed by atoms with E-state index in [-0.39, 0.29) is 5.54 Å². The number of hydrogen-bond donors (Lipinski definition) is 1. The van der Waals surface area contributed by atoms with Gasteiger partial charge in [0.15, 0.2) is 0 Å². The summed E-state index contributed by atoms with van der Waals surface area (Å²) in [5, 5.41) is 0.768. The summed E-state index contributed by atoms with van der Waals surface area (Å²) >= 11 is 5.98. The van der Waals surface area contributed by atoms with Crippen LogP contribution in [0.4, 0.5) is 0 Å². The SMILES string of the molecule is CCCCC(N)(CN(CC)CC)c1ccc(Cl)cc1. The molecule has 0 aliphatic rings. The number of hydrogen-bond acceptors (Lipinski definition) is 2. The largest absolute Gasteiger partial charge is 0.320 e. The van der Waals surface area contributed by atoms with Gasteiger partial charge in [-0.25, -0.2) is 0 Å². The van der Waals surface area contributed by atoms with E-state index in [1.807, 2.05) is 12.1 Å². The standard InChI is InChI=1S/C16H27ClN2/c1-4-7-12-16(18,13-19(5-2)6-3)14-8-10-15(17)11-9-14/h8-11H,4-7,12-13,18H2,1-3H3. The molecule has 1 aromatic carbocycles. The zero-order valence-corrected chi connectivity index (χ0v) is 13.2. The van der Waals surface area contributed by atoms with E-state index in [4.69, 9.17) is 17.3 Å². The van der Waals surface area contributed by atoms with E-state index >= 15 is 0 Å². The first-order valence-electron chi connectivity index (χ1n) is 7.33. The average molecular weight is 283 g/mol. The van der Waals surface area contributed by atoms with Gasteiger partial charge in [0.25, 0.3) is 0 Å². The monoisotopic (exact) mass is 282 g/mol. The highest BCUT2D eigenvalue weighted by Crippen LogP contribution is 2.27. The van der Waals surface area contributed by atoms with Crippen molar-refractivity contribution in [1.82, 2.24) is 4.90 Å². The lowest BCUT2D eigenvalue weighted by Gasteiger charge is -2.35. The van der Waals surface area contributed by atoms with E-state index in [1.54, 1.807) is 0 Å². The Morgan fingerprint density at radius 3 is 2.16 bits per heavy atom. The first kappa shape index (κ1) is 16.5. The topological polar surface area (TPSA) is 29.3 Å². The van der Waals surface area contributed by atoms with Gasteiger partial charge in [0.1, 0.15) is 0 Å². The first-order chi connectivity index (χ1) is 9.05. The van der Waals surface area contributed by atoms with Crippen molar-refractivity contribution < 1.29 is 0 Å². The summed E-state index contributed by atoms with van der Waals surface area (Å²) < 4.78 is 0. The zero-order chi connectivity index (χ0) is 14.3. The molecule has 0 aromatic heterocycles. The van der Waals surface area contributed by atoms with Crippen LogP contribution < -0.4 is 5.73 Å². The minimum Gasteiger partial charge on any atom is -0.320 e. The summed E-state index contributed by atoms with van der Waals surface area (Å²) in [6.07, 6.45) is 3.34. The second-order valence-corrected chi connectivity index (χ2v) is 5.66. The summed E-state index contributed by atoms with van der Waals surface area (Å²) in [5.74, 6) is 0. The summed E-state index contributed by atoms with van der Waals surface area (Å²) in [4.78, 5) is 2.39. The van der Waals surface area contributed by atoms with Gasteiger partial charge in [-0.3, -0.25) is 0 Å². The molecule has 0 saturated heterocycles. The number of likely N-dealkylation sites (N-methyl/N-ethyl adjacent to an activating group) is 1. The van der Waals surface area contributed by atoms with E-state index in [9.17, 15) is 0 Å². The van der Waals surface area contributed by atoms with Crippen LogP contribution in [-0.2, 0) is 5.54 Å². The number of unbranched alkanes of at least 4 members (excludes halogenated alkanes) is 1. The Hall–Kier alpha value is -0.570. The van der Waals surface area contributed by atoms with Gasteiger partial charge in [-0.05, 0) is 37.2 Å². The third-order valence-electron chi connectivity index (χ3n) is 3.80. The molecule has 108 valence electrons. The van der Waals surface area contributed by atoms with E-state index in [0.29, 0.717) is 0 Å². The lowest BCUT2D eigenvalue weighted by molar-refractivity contribution is 0.213. The number of rotatable bonds is 8. The van der Waals surface area contributed by atoms with Crippen LogP contribution in [0, 0.1) is 0 Å². The molecule has 3 heteroatoms. The van der Waals surface area contributed by atoms with E-state index < -0.39 is 0 Å². The highest BCUT2D eigenvalue weighted by atomic mass is 35.5. The number of nitrogens with two attached hydrogens (primary N) is 1. The Morgan fingerprint density at radius 2 is 1.68 bits per heavy atom. The van der Waals surface area contributed by atoms with Gasteiger partial charge in [0.2, 0.25) is 0 Å². The average Bonchev–Trinajstić information content (AvgIpc) is 2.43. The summed E-state index contributed by atoms with van der Waals surface area (Å²) in [6, 6.07) is 8.02. The lowest BCUT2D eigenvalue weighted by atomic mass is 9.85. The Kier molecular flexibility index (Phi) is 6.84. The van der Waals surface area contributed by atoms with Crippen LogP contribution in [0.25, 0.3) is 0 Å². The van der Waals surface area contributed by atoms with Crippen LogP contribution in [0.2, 0.25) is 5.02 Å². The molecule has 1 atom stereocenters. The molecular formula is C16H27ClN2. The fourth-order valence-corrected chi connectivity index (χ4v) is 2.56. The third-order valence-corrected chi connectivity index (χ3v) is 4.05. The van der Waals surface area contributed by atoms with Gasteiger partial charge in [0, 0.05) is 11.6 Å². The molecule has 0 aliphatic carbocycles. The van der Waals surface area contributed by atoms with Gasteiger partial charge < -0.3 is 10.6 Å². The van der Waals surface area contributed by atoms with Crippen molar-refractivity contribution >= 4 is 11.6 Å². The van der Waals surface area contributed by atoms with Crippen molar-refractivity contribution in [3.63, 3.8) is 0 Å². The second kappa shape index (κ2) is 7.88. The van der Waals surface area contributed by atoms with Crippen molar-refractivity contribution in [3.05, 3.63) is 34.9 Å². The molecule has 0 bridgehead atoms. The molecule has 19 heavy (non-hydrogen) atoms. The van der Waals surface area contributed by atoms with Crippen LogP contribution in [0.1, 0.15) is 45.6 Å². The molecule has 0 saturated carbocycles. The van der Waals surface area contributed by atoms with Crippen molar-refractivity contribution in [2.75, 3.05) is 19.6 Å². The second-order valence-electron chi connectivity index (χ2n) is 5.23. The van der Waals surface area contributed by atoms with Crippen LogP contribution >= 0.6 is 11.6 Å². The minimum absolute atomic E-state index is 0.271. The molecule has 2 nitrogen and oxygen atoms in total. The molecule has 1 aromatic rings. The van der Waals surface area contributed by atoms with Crippen molar-refractivity contribution in [2.24, 2.45) is 5.73 Å². The predicted molar refractivity (Wildman–Crippen MR) is 84.6 cm³/mol. The summed E-state index contributed by atoms with van der Waals surface area (Å²) in [6.45, 7) is 9.56. The lowest BCUT2D eigenvalue weighted by Crippen LogP contribution is -2.47. The van der Waals surface area contributed by atoms with Gasteiger partial charge in [0.05, 0.1) is 5.54 Å². The molecule has 0 aliphatic heterocycles. The third kappa shape index (κ3) is 4.79. The van der Waals surface area contributed by atoms with Gasteiger partial charge >= 0.3 is 0 Å². The maximum atomic E-state index is 6.72. The van der Waals surface area contributed by atoms with E-state index in [1.165, 1.54) is 12.0 Å². The van der Waals surface area contributed by atoms with Crippen LogP contribution in [-0.4, -0.2) is 24.5 Å². The normalized spacial score (nSPS) is 14.6. The van der Waals surface area contributed by atoms with Crippen molar-refractivity contribution in [1.29, 1.82) is 0 Å². The van der Waals surface area contributed by atoms with E-state index in [0.717, 1.165) is 37.5 Å². The quantitative estimate of drug-likeness (QED) is 0.780. The molecule has 1 unspecified atom stereocenters. The molecule has 0 amide bonds. The minimum atomic E-state index is -0.271. The Bertz CT molecular complexity index is 360. The van der Waals surface area contributed by atoms with Crippen molar-refractivity contribution in [3.8, 4) is 0 Å². The Morgan fingerprint density at radius 1 is 1.11 bits per heavy atom. The van der Waals surface area contributed by atoms with Gasteiger partial charge in [-0.15, -0.1) is 0 Å². The molecule has 2 N–H and O–H groups in total. The van der Waals surface area contributed by atoms with Crippen LogP contribution in [0.15, 0.2) is 24.3 Å². The van der Waals surface area contributed by atoms with Gasteiger partial charge in [-0.1, -0.05) is 57.3 Å². The zero-order valence-electron chi connectivity index (χ0n) is 12.5. The Labute approximate surface area is 122 Å². The predicted octanol–water partition coefficient (Wildman–Crippen LogP) is 4.03. The van der Waals surface area contributed by atoms with Crippen molar-refractivity contribution in [2.45, 2.75) is 45.6 Å². The molecular weight excluding hydrogens is 256 g/mol. The summed E-state index contributed by atoms with van der Waals surface area (Å²) in [7, 11) is 0. The Balaban J connectivity index is 2.93. The number of benzene rings is 1. The highest BCUT2D eigenvalue weighted by Gasteiger charge is 2.28. The maximum absolute atomic E-state index is 6.72. The van der Waals surface area contributed by atoms with Crippen LogP contribution in [0.5, 0.6) is 0 Å². The highest BCUT2D eigenvalue weighted by molar-refractivity contribution is 6.30. The van der Waals surface area contributed by atoms with Gasteiger partial charge in [-0.2, -0.15) is 0 Å². The van der Waals surface area contributed by atoms with E-state index in [2.05, 4.69) is 37.8 Å². The molecule has 0 spiro atoms. The summed E-state index contributed by atoms with van der Waals surface area (Å²) in [5.41, 5.74) is 7.64. The molecule has 1 rings (SSSR count). The fourth-order valence-electron chi connectivity index (χ4n) is 2.43. The molecule has 0 radical (unpaired) electrons. The molecule has 0 fully saturated rings. The number of nitrogens with zero attached hydrogens (tertiary/aromatic N) is 1. The molecule has 0 heterocycles. The van der Waals surface area contributed by atoms with Crippen LogP contribution in [0.3, 0.4) is 0 Å². The fraction of sp³-hybridized carbons (Fsp3) is 0.625. The number of halogens is 1. The first-order valence-corrected chi connectivity index (χ1v) is 7.70. The maximum Gasteiger partial charge on any atom is 0.0538 e. The smallest absolute Gasteiger partial charge is 0.0538 e.